The number of ether oxygens (including phenoxy) is 1. The Balaban J connectivity index is 1.86. The highest BCUT2D eigenvalue weighted by Gasteiger charge is 2.31. The van der Waals surface area contributed by atoms with Gasteiger partial charge in [0, 0.05) is 48.5 Å². The van der Waals surface area contributed by atoms with Crippen LogP contribution in [0.3, 0.4) is 0 Å². The fraction of sp³-hybridized carbons (Fsp3) is 0.238. The quantitative estimate of drug-likeness (QED) is 0.618. The maximum absolute atomic E-state index is 12.7. The molecule has 2 aromatic heterocycles. The predicted octanol–water partition coefficient (Wildman–Crippen LogP) is 4.53. The third kappa shape index (κ3) is 5.68. The number of pyridine rings is 1. The lowest BCUT2D eigenvalue weighted by molar-refractivity contribution is -0.274. The molecular weight excluding hydrogens is 411 g/mol. The normalized spacial score (nSPS) is 11.3. The van der Waals surface area contributed by atoms with Crippen LogP contribution in [0.15, 0.2) is 55.2 Å². The topological polar surface area (TPSA) is 80.2 Å². The minimum Gasteiger partial charge on any atom is -0.406 e. The zero-order valence-electron chi connectivity index (χ0n) is 17.0. The molecule has 3 aromatic rings. The summed E-state index contributed by atoms with van der Waals surface area (Å²) in [6, 6.07) is 6.71. The first kappa shape index (κ1) is 22.0. The molecule has 0 fully saturated rings. The van der Waals surface area contributed by atoms with Crippen molar-refractivity contribution >= 4 is 17.4 Å². The van der Waals surface area contributed by atoms with E-state index >= 15 is 0 Å². The van der Waals surface area contributed by atoms with Crippen molar-refractivity contribution < 1.29 is 22.7 Å². The molecule has 31 heavy (non-hydrogen) atoms. The van der Waals surface area contributed by atoms with Crippen LogP contribution in [0.25, 0.3) is 11.1 Å². The van der Waals surface area contributed by atoms with E-state index in [1.807, 2.05) is 25.8 Å². The highest BCUT2D eigenvalue weighted by molar-refractivity contribution is 6.05. The summed E-state index contributed by atoms with van der Waals surface area (Å²) in [7, 11) is 1.89. The first-order chi connectivity index (χ1) is 14.6. The maximum Gasteiger partial charge on any atom is 0.573 e. The molecule has 0 aliphatic heterocycles. The van der Waals surface area contributed by atoms with E-state index in [1.165, 1.54) is 24.7 Å². The second-order valence-corrected chi connectivity index (χ2v) is 6.95. The largest absolute Gasteiger partial charge is 0.573 e. The monoisotopic (exact) mass is 431 g/mol. The van der Waals surface area contributed by atoms with Crippen LogP contribution in [0.2, 0.25) is 0 Å². The summed E-state index contributed by atoms with van der Waals surface area (Å²) in [5.74, 6) is -0.177. The molecule has 0 unspecified atom stereocenters. The van der Waals surface area contributed by atoms with E-state index in [1.54, 1.807) is 18.5 Å². The van der Waals surface area contributed by atoms with Crippen molar-refractivity contribution in [2.45, 2.75) is 26.3 Å². The van der Waals surface area contributed by atoms with Gasteiger partial charge in [-0.25, -0.2) is 15.0 Å². The highest BCUT2D eigenvalue weighted by Crippen LogP contribution is 2.30. The average molecular weight is 431 g/mol. The number of halogens is 3. The lowest BCUT2D eigenvalue weighted by Crippen LogP contribution is -2.27. The smallest absolute Gasteiger partial charge is 0.406 e. The number of aromatic nitrogens is 3. The summed E-state index contributed by atoms with van der Waals surface area (Å²) in [6.07, 6.45) is 1.33. The fourth-order valence-corrected chi connectivity index (χ4v) is 2.70. The van der Waals surface area contributed by atoms with Crippen LogP contribution in [0.1, 0.15) is 24.2 Å². The Morgan fingerprint density at radius 2 is 1.74 bits per heavy atom. The fourth-order valence-electron chi connectivity index (χ4n) is 2.70. The predicted molar refractivity (Wildman–Crippen MR) is 110 cm³/mol. The summed E-state index contributed by atoms with van der Waals surface area (Å²) in [5, 5.41) is 2.64. The van der Waals surface area contributed by atoms with Gasteiger partial charge in [-0.3, -0.25) is 4.79 Å². The molecule has 0 aliphatic rings. The Kier molecular flexibility index (Phi) is 6.38. The van der Waals surface area contributed by atoms with Crippen LogP contribution in [0, 0.1) is 0 Å². The van der Waals surface area contributed by atoms with E-state index in [4.69, 9.17) is 0 Å². The number of hydrogen-bond acceptors (Lipinski definition) is 6. The molecule has 0 radical (unpaired) electrons. The van der Waals surface area contributed by atoms with Gasteiger partial charge in [0.25, 0.3) is 5.91 Å². The molecule has 0 saturated carbocycles. The van der Waals surface area contributed by atoms with E-state index in [9.17, 15) is 18.0 Å². The Labute approximate surface area is 176 Å². The molecule has 1 amide bonds. The molecule has 0 atom stereocenters. The summed E-state index contributed by atoms with van der Waals surface area (Å²) in [5.41, 5.74) is 1.96. The Morgan fingerprint density at radius 1 is 1.10 bits per heavy atom. The number of rotatable bonds is 6. The highest BCUT2D eigenvalue weighted by atomic mass is 19.4. The van der Waals surface area contributed by atoms with Crippen LogP contribution < -0.4 is 15.0 Å². The summed E-state index contributed by atoms with van der Waals surface area (Å²) < 4.78 is 40.7. The summed E-state index contributed by atoms with van der Waals surface area (Å²) in [4.78, 5) is 27.2. The molecule has 0 aliphatic carbocycles. The number of benzene rings is 1. The van der Waals surface area contributed by atoms with Crippen molar-refractivity contribution in [3.63, 3.8) is 0 Å². The minimum absolute atomic E-state index is 0.160. The summed E-state index contributed by atoms with van der Waals surface area (Å²) >= 11 is 0. The van der Waals surface area contributed by atoms with Gasteiger partial charge in [0.05, 0.1) is 5.56 Å². The SMILES string of the molecule is CC(C)N(C)c1ncc(C(=O)Nc2ccc(OC(F)(F)F)cc2)cc1-c1cncnc1. The lowest BCUT2D eigenvalue weighted by Gasteiger charge is -2.25. The molecule has 3 rings (SSSR count). The van der Waals surface area contributed by atoms with Crippen molar-refractivity contribution in [1.82, 2.24) is 15.0 Å². The van der Waals surface area contributed by atoms with Crippen molar-refractivity contribution in [1.29, 1.82) is 0 Å². The van der Waals surface area contributed by atoms with Gasteiger partial charge in [-0.05, 0) is 44.2 Å². The molecule has 10 heteroatoms. The van der Waals surface area contributed by atoms with Crippen LogP contribution >= 0.6 is 0 Å². The van der Waals surface area contributed by atoms with Gasteiger partial charge in [0.2, 0.25) is 0 Å². The molecule has 0 spiro atoms. The van der Waals surface area contributed by atoms with Gasteiger partial charge < -0.3 is 15.0 Å². The zero-order valence-corrected chi connectivity index (χ0v) is 17.0. The average Bonchev–Trinajstić information content (AvgIpc) is 2.73. The number of carbonyl (C=O) groups excluding carboxylic acids is 1. The zero-order chi connectivity index (χ0) is 22.6. The number of anilines is 2. The number of hydrogen-bond donors (Lipinski definition) is 1. The van der Waals surface area contributed by atoms with Gasteiger partial charge in [-0.15, -0.1) is 13.2 Å². The van der Waals surface area contributed by atoms with Gasteiger partial charge in [-0.2, -0.15) is 0 Å². The lowest BCUT2D eigenvalue weighted by atomic mass is 10.1. The molecule has 1 N–H and O–H groups in total. The van der Waals surface area contributed by atoms with Gasteiger partial charge >= 0.3 is 6.36 Å². The van der Waals surface area contributed by atoms with E-state index in [0.717, 1.165) is 12.1 Å². The number of alkyl halides is 3. The molecule has 0 bridgehead atoms. The van der Waals surface area contributed by atoms with Crippen LogP contribution in [-0.4, -0.2) is 40.3 Å². The van der Waals surface area contributed by atoms with E-state index in [-0.39, 0.29) is 17.4 Å². The van der Waals surface area contributed by atoms with E-state index in [2.05, 4.69) is 25.0 Å². The Bertz CT molecular complexity index is 1040. The third-order valence-electron chi connectivity index (χ3n) is 4.45. The third-order valence-corrected chi connectivity index (χ3v) is 4.45. The molecule has 7 nitrogen and oxygen atoms in total. The molecular formula is C21H20F3N5O2. The minimum atomic E-state index is -4.78. The molecule has 1 aromatic carbocycles. The first-order valence-electron chi connectivity index (χ1n) is 9.29. The van der Waals surface area contributed by atoms with Crippen LogP contribution in [-0.2, 0) is 0 Å². The van der Waals surface area contributed by atoms with Crippen molar-refractivity contribution in [2.75, 3.05) is 17.3 Å². The van der Waals surface area contributed by atoms with Gasteiger partial charge in [-0.1, -0.05) is 0 Å². The Hall–Kier alpha value is -3.69. The first-order valence-corrected chi connectivity index (χ1v) is 9.29. The van der Waals surface area contributed by atoms with Crippen LogP contribution in [0.5, 0.6) is 5.75 Å². The molecule has 162 valence electrons. The van der Waals surface area contributed by atoms with Crippen LogP contribution in [0.4, 0.5) is 24.7 Å². The molecule has 0 saturated heterocycles. The van der Waals surface area contributed by atoms with Crippen molar-refractivity contribution in [3.05, 3.63) is 60.8 Å². The number of carbonyl (C=O) groups is 1. The Morgan fingerprint density at radius 3 is 2.32 bits per heavy atom. The molecule has 2 heterocycles. The second kappa shape index (κ2) is 8.99. The van der Waals surface area contributed by atoms with Gasteiger partial charge in [0.15, 0.2) is 0 Å². The summed E-state index contributed by atoms with van der Waals surface area (Å²) in [6.45, 7) is 4.03. The van der Waals surface area contributed by atoms with Crippen molar-refractivity contribution in [3.8, 4) is 16.9 Å². The van der Waals surface area contributed by atoms with Gasteiger partial charge in [0.1, 0.15) is 17.9 Å². The number of nitrogens with zero attached hydrogens (tertiary/aromatic N) is 4. The van der Waals surface area contributed by atoms with E-state index in [0.29, 0.717) is 22.6 Å². The van der Waals surface area contributed by atoms with Crippen molar-refractivity contribution in [2.24, 2.45) is 0 Å². The maximum atomic E-state index is 12.7. The second-order valence-electron chi connectivity index (χ2n) is 6.95. The standard InChI is InChI=1S/C21H20F3N5O2/c1-13(2)29(3)19-18(15-9-25-12-26-10-15)8-14(11-27-19)20(30)28-16-4-6-17(7-5-16)31-21(22,23)24/h4-13H,1-3H3,(H,28,30). The number of amides is 1. The van der Waals surface area contributed by atoms with E-state index < -0.39 is 12.3 Å². The number of nitrogens with one attached hydrogen (secondary N) is 1.